The Balaban J connectivity index is 2.16. The number of ether oxygens (including phenoxy) is 1. The number of likely N-dealkylation sites (N-methyl/N-ethyl adjacent to an activating group) is 1. The van der Waals surface area contributed by atoms with E-state index in [9.17, 15) is 0 Å². The van der Waals surface area contributed by atoms with Gasteiger partial charge in [0.05, 0.1) is 6.10 Å². The molecule has 0 bridgehead atoms. The second-order valence-corrected chi connectivity index (χ2v) is 3.79. The second-order valence-electron chi connectivity index (χ2n) is 3.79. The monoisotopic (exact) mass is 184 g/mol. The Morgan fingerprint density at radius 3 is 3.00 bits per heavy atom. The minimum absolute atomic E-state index is 0.426. The Hall–Kier alpha value is -0.380. The first-order chi connectivity index (χ1) is 6.22. The van der Waals surface area contributed by atoms with E-state index in [1.807, 2.05) is 0 Å². The summed E-state index contributed by atoms with van der Waals surface area (Å²) < 4.78 is 5.54. The molecule has 1 rings (SSSR count). The van der Waals surface area contributed by atoms with Crippen LogP contribution in [0.25, 0.3) is 0 Å². The molecule has 1 atom stereocenters. The third-order valence-electron chi connectivity index (χ3n) is 2.32. The summed E-state index contributed by atoms with van der Waals surface area (Å²) in [7, 11) is 2.09. The van der Waals surface area contributed by atoms with E-state index in [4.69, 9.17) is 10.5 Å². The van der Waals surface area contributed by atoms with E-state index in [1.54, 1.807) is 0 Å². The molecule has 0 aromatic heterocycles. The van der Waals surface area contributed by atoms with E-state index in [0.29, 0.717) is 12.6 Å². The predicted molar refractivity (Wildman–Crippen MR) is 54.7 cm³/mol. The molecule has 1 aliphatic rings. The molecule has 3 heteroatoms. The van der Waals surface area contributed by atoms with Crippen molar-refractivity contribution in [2.45, 2.75) is 18.9 Å². The standard InChI is InChI=1S/C10H20N2O/c1-9(6-11)7-12(2)8-10-4-3-5-13-10/h10H,1,3-8,11H2,2H3. The van der Waals surface area contributed by atoms with Gasteiger partial charge in [-0.05, 0) is 25.5 Å². The molecule has 1 fully saturated rings. The third-order valence-corrected chi connectivity index (χ3v) is 2.32. The lowest BCUT2D eigenvalue weighted by molar-refractivity contribution is 0.0836. The van der Waals surface area contributed by atoms with Crippen LogP contribution in [0.2, 0.25) is 0 Å². The van der Waals surface area contributed by atoms with Crippen molar-refractivity contribution in [3.8, 4) is 0 Å². The van der Waals surface area contributed by atoms with Crippen molar-refractivity contribution in [2.24, 2.45) is 5.73 Å². The van der Waals surface area contributed by atoms with Crippen LogP contribution in [0.3, 0.4) is 0 Å². The van der Waals surface area contributed by atoms with Crippen molar-refractivity contribution < 1.29 is 4.74 Å². The fraction of sp³-hybridized carbons (Fsp3) is 0.800. The first-order valence-corrected chi connectivity index (χ1v) is 4.89. The van der Waals surface area contributed by atoms with Gasteiger partial charge in [0.15, 0.2) is 0 Å². The molecule has 1 saturated heterocycles. The summed E-state index contributed by atoms with van der Waals surface area (Å²) in [6.07, 6.45) is 2.83. The quantitative estimate of drug-likeness (QED) is 0.636. The largest absolute Gasteiger partial charge is 0.377 e. The smallest absolute Gasteiger partial charge is 0.0702 e. The summed E-state index contributed by atoms with van der Waals surface area (Å²) in [6, 6.07) is 0. The van der Waals surface area contributed by atoms with Crippen LogP contribution in [0.15, 0.2) is 12.2 Å². The van der Waals surface area contributed by atoms with E-state index in [0.717, 1.165) is 25.3 Å². The van der Waals surface area contributed by atoms with Crippen LogP contribution in [0, 0.1) is 0 Å². The molecule has 0 amide bonds. The number of nitrogens with two attached hydrogens (primary N) is 1. The van der Waals surface area contributed by atoms with Crippen LogP contribution in [0.5, 0.6) is 0 Å². The van der Waals surface area contributed by atoms with Gasteiger partial charge in [-0.2, -0.15) is 0 Å². The van der Waals surface area contributed by atoms with Gasteiger partial charge in [-0.25, -0.2) is 0 Å². The van der Waals surface area contributed by atoms with Gasteiger partial charge in [0.1, 0.15) is 0 Å². The molecular weight excluding hydrogens is 164 g/mol. The molecule has 0 aromatic carbocycles. The third kappa shape index (κ3) is 3.89. The Kier molecular flexibility index (Phi) is 4.42. The average Bonchev–Trinajstić information content (AvgIpc) is 2.56. The molecule has 0 aliphatic carbocycles. The maximum absolute atomic E-state index is 5.54. The second kappa shape index (κ2) is 5.37. The molecule has 0 saturated carbocycles. The number of hydrogen-bond donors (Lipinski definition) is 1. The Labute approximate surface area is 80.5 Å². The maximum Gasteiger partial charge on any atom is 0.0702 e. The van der Waals surface area contributed by atoms with E-state index in [2.05, 4.69) is 18.5 Å². The van der Waals surface area contributed by atoms with Gasteiger partial charge in [-0.15, -0.1) is 0 Å². The van der Waals surface area contributed by atoms with Crippen molar-refractivity contribution in [1.29, 1.82) is 0 Å². The van der Waals surface area contributed by atoms with Crippen LogP contribution in [0.1, 0.15) is 12.8 Å². The summed E-state index contributed by atoms with van der Waals surface area (Å²) in [6.45, 7) is 7.27. The molecule has 0 aromatic rings. The Bertz CT molecular complexity index is 164. The Morgan fingerprint density at radius 1 is 1.69 bits per heavy atom. The lowest BCUT2D eigenvalue weighted by atomic mass is 10.2. The molecule has 1 unspecified atom stereocenters. The SMILES string of the molecule is C=C(CN)CN(C)CC1CCCO1. The van der Waals surface area contributed by atoms with E-state index < -0.39 is 0 Å². The van der Waals surface area contributed by atoms with Crippen molar-refractivity contribution in [1.82, 2.24) is 4.90 Å². The summed E-state index contributed by atoms with van der Waals surface area (Å²) in [5.74, 6) is 0. The fourth-order valence-corrected chi connectivity index (χ4v) is 1.65. The molecule has 13 heavy (non-hydrogen) atoms. The number of rotatable bonds is 5. The number of nitrogens with zero attached hydrogens (tertiary/aromatic N) is 1. The van der Waals surface area contributed by atoms with Gasteiger partial charge in [0.25, 0.3) is 0 Å². The first kappa shape index (κ1) is 10.7. The lowest BCUT2D eigenvalue weighted by Crippen LogP contribution is -2.31. The highest BCUT2D eigenvalue weighted by molar-refractivity contribution is 4.98. The van der Waals surface area contributed by atoms with Crippen LogP contribution in [0.4, 0.5) is 0 Å². The maximum atomic E-state index is 5.54. The van der Waals surface area contributed by atoms with Gasteiger partial charge >= 0.3 is 0 Å². The lowest BCUT2D eigenvalue weighted by Gasteiger charge is -2.20. The normalized spacial score (nSPS) is 22.5. The molecule has 2 N–H and O–H groups in total. The van der Waals surface area contributed by atoms with Gasteiger partial charge in [0.2, 0.25) is 0 Å². The van der Waals surface area contributed by atoms with Gasteiger partial charge in [0, 0.05) is 26.2 Å². The van der Waals surface area contributed by atoms with Crippen LogP contribution < -0.4 is 5.73 Å². The molecule has 0 radical (unpaired) electrons. The molecular formula is C10H20N2O. The zero-order valence-electron chi connectivity index (χ0n) is 8.46. The minimum atomic E-state index is 0.426. The van der Waals surface area contributed by atoms with E-state index >= 15 is 0 Å². The Morgan fingerprint density at radius 2 is 2.46 bits per heavy atom. The van der Waals surface area contributed by atoms with Gasteiger partial charge in [-0.3, -0.25) is 4.90 Å². The zero-order chi connectivity index (χ0) is 9.68. The van der Waals surface area contributed by atoms with Crippen LogP contribution in [-0.4, -0.2) is 44.3 Å². The molecule has 0 spiro atoms. The van der Waals surface area contributed by atoms with Crippen LogP contribution in [-0.2, 0) is 4.74 Å². The van der Waals surface area contributed by atoms with E-state index in [1.165, 1.54) is 12.8 Å². The molecule has 1 aliphatic heterocycles. The minimum Gasteiger partial charge on any atom is -0.377 e. The van der Waals surface area contributed by atoms with Gasteiger partial charge in [-0.1, -0.05) is 6.58 Å². The summed E-state index contributed by atoms with van der Waals surface area (Å²) in [5, 5.41) is 0. The molecule has 76 valence electrons. The van der Waals surface area contributed by atoms with Crippen molar-refractivity contribution in [3.63, 3.8) is 0 Å². The average molecular weight is 184 g/mol. The molecule has 3 nitrogen and oxygen atoms in total. The fourth-order valence-electron chi connectivity index (χ4n) is 1.65. The number of hydrogen-bond acceptors (Lipinski definition) is 3. The topological polar surface area (TPSA) is 38.5 Å². The van der Waals surface area contributed by atoms with Gasteiger partial charge < -0.3 is 10.5 Å². The summed E-state index contributed by atoms with van der Waals surface area (Å²) >= 11 is 0. The van der Waals surface area contributed by atoms with Crippen LogP contribution >= 0.6 is 0 Å². The highest BCUT2D eigenvalue weighted by Gasteiger charge is 2.17. The summed E-state index contributed by atoms with van der Waals surface area (Å²) in [4.78, 5) is 2.23. The zero-order valence-corrected chi connectivity index (χ0v) is 8.46. The van der Waals surface area contributed by atoms with Crippen molar-refractivity contribution in [2.75, 3.05) is 33.3 Å². The van der Waals surface area contributed by atoms with Crippen molar-refractivity contribution >= 4 is 0 Å². The predicted octanol–water partition coefficient (Wildman–Crippen LogP) is 0.612. The van der Waals surface area contributed by atoms with E-state index in [-0.39, 0.29) is 0 Å². The molecule has 1 heterocycles. The summed E-state index contributed by atoms with van der Waals surface area (Å²) in [5.41, 5.74) is 6.55. The highest BCUT2D eigenvalue weighted by Crippen LogP contribution is 2.12. The highest BCUT2D eigenvalue weighted by atomic mass is 16.5. The van der Waals surface area contributed by atoms with Crippen molar-refractivity contribution in [3.05, 3.63) is 12.2 Å². The first-order valence-electron chi connectivity index (χ1n) is 4.89.